The fourth-order valence-electron chi connectivity index (χ4n) is 4.46. The molecule has 0 aliphatic carbocycles. The number of carbonyl (C=O) groups is 2. The molecular weight excluding hydrogens is 464 g/mol. The molecule has 3 aromatic carbocycles. The molecule has 4 rings (SSSR count). The minimum Gasteiger partial charge on any atom is -0.454 e. The number of nitrogens with one attached hydrogen (secondary N) is 1. The van der Waals surface area contributed by atoms with E-state index in [-0.39, 0.29) is 31.1 Å². The second-order valence-corrected chi connectivity index (χ2v) is 9.66. The van der Waals surface area contributed by atoms with Crippen molar-refractivity contribution in [1.82, 2.24) is 10.2 Å². The molecule has 1 N–H and O–H groups in total. The second-order valence-electron chi connectivity index (χ2n) is 9.66. The normalized spacial score (nSPS) is 13.6. The molecule has 0 saturated heterocycles. The van der Waals surface area contributed by atoms with Crippen LogP contribution in [0.3, 0.4) is 0 Å². The summed E-state index contributed by atoms with van der Waals surface area (Å²) in [5.74, 6) is 1.25. The largest absolute Gasteiger partial charge is 0.454 e. The lowest BCUT2D eigenvalue weighted by molar-refractivity contribution is -0.141. The van der Waals surface area contributed by atoms with E-state index in [2.05, 4.69) is 5.32 Å². The van der Waals surface area contributed by atoms with Crippen LogP contribution in [0, 0.1) is 6.92 Å². The number of aryl methyl sites for hydroxylation is 2. The van der Waals surface area contributed by atoms with Crippen LogP contribution in [0.4, 0.5) is 0 Å². The van der Waals surface area contributed by atoms with E-state index in [9.17, 15) is 9.59 Å². The van der Waals surface area contributed by atoms with E-state index >= 15 is 0 Å². The van der Waals surface area contributed by atoms with Crippen molar-refractivity contribution in [3.8, 4) is 11.5 Å². The first-order valence-electron chi connectivity index (χ1n) is 13.0. The maximum Gasteiger partial charge on any atom is 0.243 e. The van der Waals surface area contributed by atoms with Crippen molar-refractivity contribution in [1.29, 1.82) is 0 Å². The highest BCUT2D eigenvalue weighted by molar-refractivity contribution is 5.88. The molecule has 194 valence electrons. The molecule has 2 atom stereocenters. The first-order chi connectivity index (χ1) is 17.9. The van der Waals surface area contributed by atoms with Crippen molar-refractivity contribution in [2.75, 3.05) is 6.79 Å². The van der Waals surface area contributed by atoms with Crippen LogP contribution < -0.4 is 14.8 Å². The van der Waals surface area contributed by atoms with Gasteiger partial charge in [0, 0.05) is 25.4 Å². The van der Waals surface area contributed by atoms with Gasteiger partial charge in [-0.2, -0.15) is 0 Å². The molecule has 0 unspecified atom stereocenters. The van der Waals surface area contributed by atoms with E-state index in [1.807, 2.05) is 93.6 Å². The molecule has 37 heavy (non-hydrogen) atoms. The van der Waals surface area contributed by atoms with Crippen LogP contribution in [0.1, 0.15) is 48.9 Å². The van der Waals surface area contributed by atoms with Crippen LogP contribution in [0.25, 0.3) is 0 Å². The summed E-state index contributed by atoms with van der Waals surface area (Å²) in [6, 6.07) is 23.1. The molecule has 0 fully saturated rings. The predicted octanol–water partition coefficient (Wildman–Crippen LogP) is 5.21. The zero-order valence-corrected chi connectivity index (χ0v) is 21.9. The molecule has 2 amide bonds. The van der Waals surface area contributed by atoms with E-state index in [4.69, 9.17) is 9.47 Å². The number of nitrogens with zero attached hydrogens (tertiary/aromatic N) is 1. The Balaban J connectivity index is 1.61. The molecule has 0 aromatic heterocycles. The van der Waals surface area contributed by atoms with Crippen LogP contribution in [0.5, 0.6) is 11.5 Å². The molecule has 1 aliphatic heterocycles. The molecule has 3 aromatic rings. The Kier molecular flexibility index (Phi) is 8.83. The van der Waals surface area contributed by atoms with Gasteiger partial charge in [0.05, 0.1) is 0 Å². The summed E-state index contributed by atoms with van der Waals surface area (Å²) in [7, 11) is 0. The molecule has 6 nitrogen and oxygen atoms in total. The summed E-state index contributed by atoms with van der Waals surface area (Å²) in [5, 5.41) is 3.12. The Morgan fingerprint density at radius 2 is 1.68 bits per heavy atom. The summed E-state index contributed by atoms with van der Waals surface area (Å²) in [5.41, 5.74) is 4.15. The van der Waals surface area contributed by atoms with Gasteiger partial charge < -0.3 is 19.7 Å². The molecule has 1 aliphatic rings. The molecule has 0 saturated carbocycles. The summed E-state index contributed by atoms with van der Waals surface area (Å²) in [4.78, 5) is 29.2. The fourth-order valence-corrected chi connectivity index (χ4v) is 4.46. The van der Waals surface area contributed by atoms with Crippen molar-refractivity contribution in [3.63, 3.8) is 0 Å². The lowest BCUT2D eigenvalue weighted by Gasteiger charge is -2.33. The Labute approximate surface area is 219 Å². The van der Waals surface area contributed by atoms with E-state index < -0.39 is 6.04 Å². The minimum atomic E-state index is -0.625. The number of fused-ring (bicyclic) bond motifs is 1. The van der Waals surface area contributed by atoms with Gasteiger partial charge in [0.1, 0.15) is 6.04 Å². The molecule has 1 heterocycles. The number of hydrogen-bond donors (Lipinski definition) is 1. The smallest absolute Gasteiger partial charge is 0.243 e. The lowest BCUT2D eigenvalue weighted by Crippen LogP contribution is -2.52. The third-order valence-electron chi connectivity index (χ3n) is 6.94. The monoisotopic (exact) mass is 500 g/mol. The van der Waals surface area contributed by atoms with Gasteiger partial charge >= 0.3 is 0 Å². The molecule has 0 spiro atoms. The van der Waals surface area contributed by atoms with Gasteiger partial charge in [0.25, 0.3) is 0 Å². The van der Waals surface area contributed by atoms with Crippen LogP contribution in [-0.4, -0.2) is 35.6 Å². The van der Waals surface area contributed by atoms with Gasteiger partial charge in [-0.15, -0.1) is 0 Å². The van der Waals surface area contributed by atoms with Crippen LogP contribution in [-0.2, 0) is 29.0 Å². The summed E-state index contributed by atoms with van der Waals surface area (Å²) < 4.78 is 10.9. The Hall–Kier alpha value is -3.80. The summed E-state index contributed by atoms with van der Waals surface area (Å²) >= 11 is 0. The number of ether oxygens (including phenoxy) is 2. The van der Waals surface area contributed by atoms with E-state index in [1.165, 1.54) is 0 Å². The highest BCUT2D eigenvalue weighted by atomic mass is 16.7. The maximum absolute atomic E-state index is 13.8. The van der Waals surface area contributed by atoms with Crippen molar-refractivity contribution in [3.05, 3.63) is 95.1 Å². The van der Waals surface area contributed by atoms with Gasteiger partial charge in [0.15, 0.2) is 11.5 Å². The SMILES string of the molecule is CC[C@@H](C)NC(=O)[C@@H](Cc1ccccc1)N(Cc1ccccc1C)C(=O)CCc1ccc2c(c1)OCO2. The van der Waals surface area contributed by atoms with E-state index in [0.717, 1.165) is 34.4 Å². The third-order valence-corrected chi connectivity index (χ3v) is 6.94. The fraction of sp³-hybridized carbons (Fsp3) is 0.355. The van der Waals surface area contributed by atoms with Gasteiger partial charge in [-0.3, -0.25) is 9.59 Å². The quantitative estimate of drug-likeness (QED) is 0.392. The van der Waals surface area contributed by atoms with Crippen LogP contribution in [0.2, 0.25) is 0 Å². The highest BCUT2D eigenvalue weighted by Gasteiger charge is 2.31. The molecule has 0 radical (unpaired) electrons. The van der Waals surface area contributed by atoms with Gasteiger partial charge in [-0.1, -0.05) is 67.6 Å². The topological polar surface area (TPSA) is 67.9 Å². The number of hydrogen-bond acceptors (Lipinski definition) is 4. The number of rotatable bonds is 11. The number of amides is 2. The average Bonchev–Trinajstić information content (AvgIpc) is 3.38. The molecular formula is C31H36N2O4. The first kappa shape index (κ1) is 26.3. The van der Waals surface area contributed by atoms with Crippen molar-refractivity contribution in [2.24, 2.45) is 0 Å². The van der Waals surface area contributed by atoms with Gasteiger partial charge in [-0.25, -0.2) is 0 Å². The van der Waals surface area contributed by atoms with Crippen molar-refractivity contribution < 1.29 is 19.1 Å². The van der Waals surface area contributed by atoms with Crippen LogP contribution in [0.15, 0.2) is 72.8 Å². The minimum absolute atomic E-state index is 0.0230. The summed E-state index contributed by atoms with van der Waals surface area (Å²) in [6.07, 6.45) is 2.10. The predicted molar refractivity (Wildman–Crippen MR) is 144 cm³/mol. The zero-order chi connectivity index (χ0) is 26.2. The van der Waals surface area contributed by atoms with E-state index in [1.54, 1.807) is 4.90 Å². The van der Waals surface area contributed by atoms with Crippen LogP contribution >= 0.6 is 0 Å². The lowest BCUT2D eigenvalue weighted by atomic mass is 10.00. The standard InChI is InChI=1S/C31H36N2O4/c1-4-23(3)32-31(35)27(18-24-11-6-5-7-12-24)33(20-26-13-9-8-10-22(26)2)30(34)17-15-25-14-16-28-29(19-25)37-21-36-28/h5-14,16,19,23,27H,4,15,17-18,20-21H2,1-3H3,(H,32,35)/t23-,27-/m1/s1. The van der Waals surface area contributed by atoms with E-state index in [0.29, 0.717) is 25.1 Å². The number of benzene rings is 3. The second kappa shape index (κ2) is 12.4. The maximum atomic E-state index is 13.8. The Morgan fingerprint density at radius 1 is 0.946 bits per heavy atom. The number of carbonyl (C=O) groups excluding carboxylic acids is 2. The first-order valence-corrected chi connectivity index (χ1v) is 13.0. The summed E-state index contributed by atoms with van der Waals surface area (Å²) in [6.45, 7) is 6.66. The molecule has 6 heteroatoms. The Bertz CT molecular complexity index is 1210. The molecule has 0 bridgehead atoms. The van der Waals surface area contributed by atoms with Crippen molar-refractivity contribution in [2.45, 2.75) is 65.1 Å². The highest BCUT2D eigenvalue weighted by Crippen LogP contribution is 2.33. The van der Waals surface area contributed by atoms with Gasteiger partial charge in [-0.05, 0) is 61.1 Å². The Morgan fingerprint density at radius 3 is 2.43 bits per heavy atom. The average molecular weight is 501 g/mol. The van der Waals surface area contributed by atoms with Crippen molar-refractivity contribution >= 4 is 11.8 Å². The van der Waals surface area contributed by atoms with Gasteiger partial charge in [0.2, 0.25) is 18.6 Å². The zero-order valence-electron chi connectivity index (χ0n) is 21.9. The third kappa shape index (κ3) is 6.91.